The molecule has 0 aliphatic rings. The van der Waals surface area contributed by atoms with E-state index in [0.29, 0.717) is 17.8 Å². The van der Waals surface area contributed by atoms with E-state index in [9.17, 15) is 0 Å². The van der Waals surface area contributed by atoms with Crippen LogP contribution in [-0.2, 0) is 26.5 Å². The maximum Gasteiger partial charge on any atom is 0.0774 e. The molecule has 3 nitrogen and oxygen atoms in total. The van der Waals surface area contributed by atoms with Crippen molar-refractivity contribution in [1.82, 2.24) is 14.5 Å². The summed E-state index contributed by atoms with van der Waals surface area (Å²) in [5.41, 5.74) is 13.3. The average Bonchev–Trinajstić information content (AvgIpc) is 3.79. The molecule has 0 unspecified atom stereocenters. The zero-order valence-electron chi connectivity index (χ0n) is 34.6. The molecule has 8 aromatic rings. The number of nitrogens with zero attached hydrogens (tertiary/aromatic N) is 3. The first-order chi connectivity index (χ1) is 26.9. The molecule has 0 spiro atoms. The number of thiophene rings is 1. The van der Waals surface area contributed by atoms with E-state index in [0.717, 1.165) is 40.1 Å². The fraction of sp³-hybridized carbons (Fsp3) is 0.255. The summed E-state index contributed by atoms with van der Waals surface area (Å²) >= 11 is -0.193. The second-order valence-electron chi connectivity index (χ2n) is 16.9. The number of rotatable bonds is 9. The van der Waals surface area contributed by atoms with E-state index in [4.69, 9.17) is 9.97 Å². The third kappa shape index (κ3) is 9.29. The molecule has 1 radical (unpaired) electrons. The summed E-state index contributed by atoms with van der Waals surface area (Å²) in [6, 6.07) is 46.2. The van der Waals surface area contributed by atoms with E-state index in [1.807, 2.05) is 18.2 Å². The predicted octanol–water partition coefficient (Wildman–Crippen LogP) is 13.9. The number of imidazole rings is 1. The van der Waals surface area contributed by atoms with Crippen molar-refractivity contribution in [3.8, 4) is 39.5 Å². The van der Waals surface area contributed by atoms with Gasteiger partial charge in [-0.3, -0.25) is 16.3 Å². The second-order valence-corrected chi connectivity index (χ2v) is 28.3. The fourth-order valence-electron chi connectivity index (χ4n) is 7.61. The number of fused-ring (bicyclic) bond motifs is 2. The third-order valence-corrected chi connectivity index (χ3v) is 15.6. The minimum atomic E-state index is -1.86. The smallest absolute Gasteiger partial charge is 0.0774 e. The largest absolute Gasteiger partial charge is 0.333 e. The van der Waals surface area contributed by atoms with E-state index in [2.05, 4.69) is 184 Å². The molecule has 5 aromatic carbocycles. The minimum absolute atomic E-state index is 0. The van der Waals surface area contributed by atoms with Crippen LogP contribution in [0, 0.1) is 17.4 Å². The molecule has 57 heavy (non-hydrogen) atoms. The van der Waals surface area contributed by atoms with Crippen molar-refractivity contribution >= 4 is 50.1 Å². The van der Waals surface area contributed by atoms with Gasteiger partial charge in [-0.05, 0) is 58.4 Å². The summed E-state index contributed by atoms with van der Waals surface area (Å²) in [6.45, 7) is 13.7. The van der Waals surface area contributed by atoms with E-state index in [1.54, 1.807) is 15.7 Å². The molecule has 0 aliphatic heterocycles. The Morgan fingerprint density at radius 3 is 2.02 bits per heavy atom. The maximum atomic E-state index is 5.20. The summed E-state index contributed by atoms with van der Waals surface area (Å²) < 4.78 is 5.18. The average molecular weight is 1000 g/mol. The molecule has 0 fully saturated rings. The van der Waals surface area contributed by atoms with Crippen molar-refractivity contribution in [2.24, 2.45) is 5.92 Å². The van der Waals surface area contributed by atoms with Gasteiger partial charge in [0.2, 0.25) is 0 Å². The molecule has 0 atom stereocenters. The molecule has 0 aliphatic carbocycles. The molecule has 0 amide bonds. The second kappa shape index (κ2) is 18.2. The van der Waals surface area contributed by atoms with Crippen LogP contribution in [0.5, 0.6) is 0 Å². The quantitative estimate of drug-likeness (QED) is 0.107. The summed E-state index contributed by atoms with van der Waals surface area (Å²) in [4.78, 5) is 9.90. The number of aromatic nitrogens is 3. The van der Waals surface area contributed by atoms with Crippen LogP contribution in [0.25, 0.3) is 60.6 Å². The molecule has 293 valence electrons. The maximum absolute atomic E-state index is 5.20. The standard InChI is InChI=1S/C33H29N2S.C18H24GeN.Ir/c1-21(2)26-18-24(23-12-6-5-7-13-23)19-27(22(3)4)32(26)35-30-16-10-9-15-29(30)34-33(35)28-20-36-31-17-11-8-14-25(28)31;1-14(2)11-16-12-18(15-9-7-6-8-10-15)20-13-17(16)19(3,4)5;/h5-19,21-22H,1-4H3;6-9,12-14H,11H2,1-5H3;/q2*-1;. The van der Waals surface area contributed by atoms with Crippen molar-refractivity contribution in [2.45, 2.75) is 77.1 Å². The minimum Gasteiger partial charge on any atom is -0.333 e. The van der Waals surface area contributed by atoms with Crippen molar-refractivity contribution in [2.75, 3.05) is 0 Å². The third-order valence-electron chi connectivity index (χ3n) is 10.4. The van der Waals surface area contributed by atoms with E-state index >= 15 is 0 Å². The zero-order chi connectivity index (χ0) is 39.6. The normalized spacial score (nSPS) is 11.6. The molecule has 0 bridgehead atoms. The van der Waals surface area contributed by atoms with Gasteiger partial charge in [0, 0.05) is 25.8 Å². The fourth-order valence-corrected chi connectivity index (χ4v) is 11.8. The molecular formula is C51H53GeIrN3S-2. The van der Waals surface area contributed by atoms with Gasteiger partial charge in [0.05, 0.1) is 16.9 Å². The van der Waals surface area contributed by atoms with Crippen LogP contribution in [0.3, 0.4) is 0 Å². The molecule has 3 heterocycles. The first kappa shape index (κ1) is 42.5. The molecule has 3 aromatic heterocycles. The predicted molar refractivity (Wildman–Crippen MR) is 244 cm³/mol. The van der Waals surface area contributed by atoms with Gasteiger partial charge in [0.1, 0.15) is 0 Å². The Morgan fingerprint density at radius 1 is 0.719 bits per heavy atom. The van der Waals surface area contributed by atoms with Crippen molar-refractivity contribution < 1.29 is 20.1 Å². The van der Waals surface area contributed by atoms with E-state index < -0.39 is 13.3 Å². The Morgan fingerprint density at radius 2 is 1.37 bits per heavy atom. The van der Waals surface area contributed by atoms with Crippen molar-refractivity contribution in [3.05, 3.63) is 156 Å². The van der Waals surface area contributed by atoms with Gasteiger partial charge < -0.3 is 4.57 Å². The summed E-state index contributed by atoms with van der Waals surface area (Å²) in [5.74, 6) is 9.65. The van der Waals surface area contributed by atoms with Crippen LogP contribution in [0.15, 0.2) is 128 Å². The van der Waals surface area contributed by atoms with Crippen molar-refractivity contribution in [1.29, 1.82) is 0 Å². The summed E-state index contributed by atoms with van der Waals surface area (Å²) in [7, 11) is 0. The monoisotopic (exact) mass is 1010 g/mol. The molecule has 0 N–H and O–H groups in total. The van der Waals surface area contributed by atoms with E-state index in [-0.39, 0.29) is 20.1 Å². The topological polar surface area (TPSA) is 30.7 Å². The van der Waals surface area contributed by atoms with Crippen LogP contribution in [-0.4, -0.2) is 27.8 Å². The molecule has 0 saturated carbocycles. The van der Waals surface area contributed by atoms with Gasteiger partial charge in [-0.2, -0.15) is 0 Å². The Labute approximate surface area is 360 Å². The Hall–Kier alpha value is -4.13. The number of para-hydroxylation sites is 2. The number of hydrogen-bond donors (Lipinski definition) is 0. The van der Waals surface area contributed by atoms with Crippen LogP contribution >= 0.6 is 11.3 Å². The Balaban J connectivity index is 0.000000223. The van der Waals surface area contributed by atoms with Gasteiger partial charge in [0.25, 0.3) is 0 Å². The van der Waals surface area contributed by atoms with Gasteiger partial charge in [0.15, 0.2) is 0 Å². The van der Waals surface area contributed by atoms with Gasteiger partial charge in [-0.25, -0.2) is 0 Å². The molecule has 0 saturated heterocycles. The number of hydrogen-bond acceptors (Lipinski definition) is 3. The summed E-state index contributed by atoms with van der Waals surface area (Å²) in [6.07, 6.45) is 3.27. The number of benzene rings is 5. The molecule has 6 heteroatoms. The van der Waals surface area contributed by atoms with Crippen LogP contribution in [0.1, 0.15) is 70.1 Å². The van der Waals surface area contributed by atoms with Gasteiger partial charge in [-0.1, -0.05) is 104 Å². The van der Waals surface area contributed by atoms with Gasteiger partial charge >= 0.3 is 126 Å². The van der Waals surface area contributed by atoms with Crippen LogP contribution in [0.4, 0.5) is 0 Å². The first-order valence-electron chi connectivity index (χ1n) is 20.0. The van der Waals surface area contributed by atoms with Crippen LogP contribution < -0.4 is 4.40 Å². The first-order valence-corrected chi connectivity index (χ1v) is 28.1. The molecule has 8 rings (SSSR count). The van der Waals surface area contributed by atoms with Crippen LogP contribution in [0.2, 0.25) is 17.3 Å². The number of pyridine rings is 1. The Bertz CT molecular complexity index is 2550. The SMILES string of the molecule is CC(C)Cc1cc(-c2[c-]cccc2)nc[c]1[Ge]([CH3])([CH3])[CH3].CC(C)c1cc(-c2ccccc2)cc(C(C)C)c1-n1c(-c2[c-]sc3ccccc23)nc2ccccc21.[Ir]. The Kier molecular flexibility index (Phi) is 13.6. The van der Waals surface area contributed by atoms with E-state index in [1.165, 1.54) is 43.6 Å². The van der Waals surface area contributed by atoms with Crippen molar-refractivity contribution in [3.63, 3.8) is 0 Å². The molecular weight excluding hydrogens is 951 g/mol. The summed E-state index contributed by atoms with van der Waals surface area (Å²) in [5, 5.41) is 4.80. The van der Waals surface area contributed by atoms with Gasteiger partial charge in [-0.15, -0.1) is 11.5 Å². The zero-order valence-corrected chi connectivity index (χ0v) is 40.0.